The van der Waals surface area contributed by atoms with Crippen molar-refractivity contribution in [3.05, 3.63) is 65.2 Å². The van der Waals surface area contributed by atoms with Crippen LogP contribution < -0.4 is 5.32 Å². The molecule has 0 aromatic heterocycles. The Morgan fingerprint density at radius 2 is 1.88 bits per heavy atom. The molecule has 0 spiro atoms. The van der Waals surface area contributed by atoms with Crippen LogP contribution in [0.2, 0.25) is 0 Å². The molecule has 1 aliphatic heterocycles. The second-order valence-electron chi connectivity index (χ2n) is 7.99. The van der Waals surface area contributed by atoms with Crippen LogP contribution in [0.5, 0.6) is 0 Å². The summed E-state index contributed by atoms with van der Waals surface area (Å²) in [5, 5.41) is 2.91. The number of rotatable bonds is 9. The van der Waals surface area contributed by atoms with Crippen LogP contribution in [0.4, 0.5) is 0 Å². The average molecular weight is 460 g/mol. The fourth-order valence-electron chi connectivity index (χ4n) is 3.92. The van der Waals surface area contributed by atoms with Crippen molar-refractivity contribution in [2.75, 3.05) is 39.3 Å². The quantitative estimate of drug-likeness (QED) is 0.624. The lowest BCUT2D eigenvalue weighted by Gasteiger charge is -2.33. The van der Waals surface area contributed by atoms with E-state index in [1.165, 1.54) is 15.9 Å². The van der Waals surface area contributed by atoms with E-state index < -0.39 is 10.0 Å². The monoisotopic (exact) mass is 459 g/mol. The molecule has 2 aromatic carbocycles. The number of morpholine rings is 1. The van der Waals surface area contributed by atoms with Gasteiger partial charge in [-0.05, 0) is 30.2 Å². The fourth-order valence-corrected chi connectivity index (χ4v) is 5.63. The second-order valence-corrected chi connectivity index (χ2v) is 9.90. The average Bonchev–Trinajstić information content (AvgIpc) is 2.79. The van der Waals surface area contributed by atoms with E-state index in [1.54, 1.807) is 32.9 Å². The van der Waals surface area contributed by atoms with Gasteiger partial charge in [-0.15, -0.1) is 0 Å². The molecule has 0 bridgehead atoms. The van der Waals surface area contributed by atoms with Gasteiger partial charge < -0.3 is 10.1 Å². The maximum Gasteiger partial charge on any atom is 0.251 e. The van der Waals surface area contributed by atoms with Gasteiger partial charge in [0.05, 0.1) is 17.6 Å². The molecule has 0 saturated carbocycles. The van der Waals surface area contributed by atoms with Crippen molar-refractivity contribution < 1.29 is 17.9 Å². The van der Waals surface area contributed by atoms with Crippen LogP contribution in [0.1, 0.15) is 35.3 Å². The maximum atomic E-state index is 13.0. The highest BCUT2D eigenvalue weighted by atomic mass is 32.2. The van der Waals surface area contributed by atoms with Gasteiger partial charge in [0.15, 0.2) is 0 Å². The van der Waals surface area contributed by atoms with Crippen molar-refractivity contribution in [1.82, 2.24) is 14.5 Å². The van der Waals surface area contributed by atoms with Gasteiger partial charge in [-0.2, -0.15) is 4.31 Å². The smallest absolute Gasteiger partial charge is 0.251 e. The summed E-state index contributed by atoms with van der Waals surface area (Å²) in [5.41, 5.74) is 2.21. The molecule has 2 aromatic rings. The Morgan fingerprint density at radius 3 is 2.56 bits per heavy atom. The molecular weight excluding hydrogens is 426 g/mol. The third-order valence-corrected chi connectivity index (χ3v) is 7.93. The predicted octanol–water partition coefficient (Wildman–Crippen LogP) is 2.66. The predicted molar refractivity (Wildman–Crippen MR) is 125 cm³/mol. The molecule has 1 amide bonds. The van der Waals surface area contributed by atoms with Gasteiger partial charge in [-0.3, -0.25) is 9.69 Å². The van der Waals surface area contributed by atoms with Crippen molar-refractivity contribution in [2.24, 2.45) is 0 Å². The van der Waals surface area contributed by atoms with E-state index >= 15 is 0 Å². The molecule has 0 unspecified atom stereocenters. The van der Waals surface area contributed by atoms with Crippen LogP contribution in [-0.2, 0) is 21.3 Å². The van der Waals surface area contributed by atoms with Gasteiger partial charge in [-0.25, -0.2) is 8.42 Å². The number of ether oxygens (including phenoxy) is 1. The van der Waals surface area contributed by atoms with Gasteiger partial charge in [0.1, 0.15) is 0 Å². The number of carbonyl (C=O) groups is 1. The molecule has 1 fully saturated rings. The normalized spacial score (nSPS) is 17.4. The molecule has 1 saturated heterocycles. The number of amides is 1. The lowest BCUT2D eigenvalue weighted by molar-refractivity contribution is -0.0292. The zero-order chi connectivity index (χ0) is 23.1. The third kappa shape index (κ3) is 5.95. The lowest BCUT2D eigenvalue weighted by atomic mass is 10.1. The molecule has 8 heteroatoms. The zero-order valence-corrected chi connectivity index (χ0v) is 19.9. The number of hydrogen-bond acceptors (Lipinski definition) is 5. The van der Waals surface area contributed by atoms with Crippen molar-refractivity contribution in [3.63, 3.8) is 0 Å². The minimum Gasteiger partial charge on any atom is -0.374 e. The molecule has 0 aliphatic carbocycles. The third-order valence-electron chi connectivity index (χ3n) is 5.74. The summed E-state index contributed by atoms with van der Waals surface area (Å²) in [5.74, 6) is -0.301. The van der Waals surface area contributed by atoms with Crippen LogP contribution in [0.25, 0.3) is 0 Å². The minimum atomic E-state index is -3.64. The molecule has 1 heterocycles. The molecule has 3 rings (SSSR count). The summed E-state index contributed by atoms with van der Waals surface area (Å²) in [6, 6.07) is 15.1. The van der Waals surface area contributed by atoms with Crippen molar-refractivity contribution in [1.29, 1.82) is 0 Å². The molecule has 1 atom stereocenters. The van der Waals surface area contributed by atoms with E-state index in [2.05, 4.69) is 22.3 Å². The Balaban J connectivity index is 1.62. The van der Waals surface area contributed by atoms with Crippen LogP contribution in [0.15, 0.2) is 53.4 Å². The number of carbonyl (C=O) groups excluding carboxylic acids is 1. The first-order valence-electron chi connectivity index (χ1n) is 11.1. The summed E-state index contributed by atoms with van der Waals surface area (Å²) in [6.45, 7) is 9.53. The number of benzene rings is 2. The molecular formula is C24H33N3O4S. The standard InChI is InChI=1S/C24H33N3O4S/c1-4-27(5-2)32(29,30)23-15-21(12-11-19(23)3)24(28)25-16-22-18-26(13-14-31-22)17-20-9-7-6-8-10-20/h6-12,15,22H,4-5,13-14,16-18H2,1-3H3,(H,25,28)/t22-/m1/s1. The Bertz CT molecular complexity index is 1010. The van der Waals surface area contributed by atoms with E-state index in [1.807, 2.05) is 18.2 Å². The second kappa shape index (κ2) is 11.0. The van der Waals surface area contributed by atoms with Crippen LogP contribution >= 0.6 is 0 Å². The summed E-state index contributed by atoms with van der Waals surface area (Å²) < 4.78 is 33.1. The number of nitrogens with zero attached hydrogens (tertiary/aromatic N) is 2. The van der Waals surface area contributed by atoms with E-state index in [4.69, 9.17) is 4.74 Å². The van der Waals surface area contributed by atoms with Gasteiger partial charge in [0.25, 0.3) is 5.91 Å². The zero-order valence-electron chi connectivity index (χ0n) is 19.1. The first-order valence-corrected chi connectivity index (χ1v) is 12.6. The van der Waals surface area contributed by atoms with Gasteiger partial charge in [0.2, 0.25) is 10.0 Å². The Morgan fingerprint density at radius 1 is 1.16 bits per heavy atom. The molecule has 0 radical (unpaired) electrons. The fraction of sp³-hybridized carbons (Fsp3) is 0.458. The van der Waals surface area contributed by atoms with Crippen LogP contribution in [-0.4, -0.2) is 69.0 Å². The molecule has 7 nitrogen and oxygen atoms in total. The lowest BCUT2D eigenvalue weighted by Crippen LogP contribution is -2.47. The largest absolute Gasteiger partial charge is 0.374 e. The summed E-state index contributed by atoms with van der Waals surface area (Å²) in [6.07, 6.45) is -0.110. The Labute approximate surface area is 191 Å². The van der Waals surface area contributed by atoms with Crippen molar-refractivity contribution >= 4 is 15.9 Å². The highest BCUT2D eigenvalue weighted by Crippen LogP contribution is 2.21. The highest BCUT2D eigenvalue weighted by molar-refractivity contribution is 7.89. The minimum absolute atomic E-state index is 0.110. The Kier molecular flexibility index (Phi) is 8.42. The van der Waals surface area contributed by atoms with Crippen molar-refractivity contribution in [3.8, 4) is 0 Å². The number of hydrogen-bond donors (Lipinski definition) is 1. The van der Waals surface area contributed by atoms with E-state index in [0.717, 1.165) is 19.6 Å². The first-order chi connectivity index (χ1) is 15.3. The maximum absolute atomic E-state index is 13.0. The SMILES string of the molecule is CCN(CC)S(=O)(=O)c1cc(C(=O)NC[C@@H]2CN(Cc3ccccc3)CCO2)ccc1C. The van der Waals surface area contributed by atoms with Gasteiger partial charge in [-0.1, -0.05) is 50.2 Å². The van der Waals surface area contributed by atoms with E-state index in [9.17, 15) is 13.2 Å². The molecule has 1 N–H and O–H groups in total. The van der Waals surface area contributed by atoms with Crippen molar-refractivity contribution in [2.45, 2.75) is 38.3 Å². The molecule has 32 heavy (non-hydrogen) atoms. The van der Waals surface area contributed by atoms with Crippen LogP contribution in [0.3, 0.4) is 0 Å². The molecule has 174 valence electrons. The number of sulfonamides is 1. The Hall–Kier alpha value is -2.26. The summed E-state index contributed by atoms with van der Waals surface area (Å²) in [7, 11) is -3.64. The summed E-state index contributed by atoms with van der Waals surface area (Å²) >= 11 is 0. The van der Waals surface area contributed by atoms with Crippen LogP contribution in [0, 0.1) is 6.92 Å². The van der Waals surface area contributed by atoms with E-state index in [-0.39, 0.29) is 16.9 Å². The topological polar surface area (TPSA) is 79.0 Å². The highest BCUT2D eigenvalue weighted by Gasteiger charge is 2.25. The first kappa shape index (κ1) is 24.4. The number of aryl methyl sites for hydroxylation is 1. The van der Waals surface area contributed by atoms with Gasteiger partial charge >= 0.3 is 0 Å². The van der Waals surface area contributed by atoms with E-state index in [0.29, 0.717) is 37.4 Å². The van der Waals surface area contributed by atoms with Gasteiger partial charge in [0, 0.05) is 44.8 Å². The molecule has 1 aliphatic rings. The number of nitrogens with one attached hydrogen (secondary N) is 1. The summed E-state index contributed by atoms with van der Waals surface area (Å²) in [4.78, 5) is 15.3.